The Morgan fingerprint density at radius 3 is 2.68 bits per heavy atom. The summed E-state index contributed by atoms with van der Waals surface area (Å²) < 4.78 is 0. The number of nitrogens with one attached hydrogen (secondary N) is 1. The van der Waals surface area contributed by atoms with E-state index in [4.69, 9.17) is 21.8 Å². The quantitative estimate of drug-likeness (QED) is 0.731. The second-order valence-corrected chi connectivity index (χ2v) is 4.65. The van der Waals surface area contributed by atoms with Crippen molar-refractivity contribution in [1.82, 2.24) is 5.32 Å². The van der Waals surface area contributed by atoms with Gasteiger partial charge in [-0.2, -0.15) is 0 Å². The Hall–Kier alpha value is -1.59. The van der Waals surface area contributed by atoms with Gasteiger partial charge in [0, 0.05) is 11.4 Å². The maximum atomic E-state index is 11.4. The number of aliphatic carboxylic acids is 1. The Morgan fingerprint density at radius 1 is 1.42 bits per heavy atom. The summed E-state index contributed by atoms with van der Waals surface area (Å²) in [4.78, 5) is 21.8. The summed E-state index contributed by atoms with van der Waals surface area (Å²) in [6, 6.07) is 5.57. The molecule has 1 unspecified atom stereocenters. The number of aryl methyl sites for hydroxylation is 2. The summed E-state index contributed by atoms with van der Waals surface area (Å²) in [5.74, 6) is -1.66. The molecule has 0 aliphatic carbocycles. The third-order valence-corrected chi connectivity index (χ3v) is 3.06. The number of hydrogen-bond acceptors (Lipinski definition) is 3. The van der Waals surface area contributed by atoms with Crippen LogP contribution in [0.5, 0.6) is 0 Å². The third kappa shape index (κ3) is 5.28. The summed E-state index contributed by atoms with van der Waals surface area (Å²) >= 11 is 5.97. The first-order valence-corrected chi connectivity index (χ1v) is 6.20. The Morgan fingerprint density at radius 2 is 2.11 bits per heavy atom. The summed E-state index contributed by atoms with van der Waals surface area (Å²) in [7, 11) is 0. The van der Waals surface area contributed by atoms with Crippen LogP contribution < -0.4 is 5.32 Å². The van der Waals surface area contributed by atoms with Crippen molar-refractivity contribution < 1.29 is 19.8 Å². The molecule has 0 saturated heterocycles. The molecule has 104 valence electrons. The number of hydrogen-bond donors (Lipinski definition) is 3. The van der Waals surface area contributed by atoms with Gasteiger partial charge in [-0.3, -0.25) is 4.79 Å². The predicted octanol–water partition coefficient (Wildman–Crippen LogP) is 1.14. The van der Waals surface area contributed by atoms with Gasteiger partial charge < -0.3 is 15.5 Å². The highest BCUT2D eigenvalue weighted by Crippen LogP contribution is 2.17. The number of carboxylic acids is 1. The minimum absolute atomic E-state index is 0.214. The number of amides is 1. The lowest BCUT2D eigenvalue weighted by Crippen LogP contribution is -2.36. The van der Waals surface area contributed by atoms with Gasteiger partial charge in [0.2, 0.25) is 5.91 Å². The zero-order chi connectivity index (χ0) is 14.4. The van der Waals surface area contributed by atoms with Gasteiger partial charge in [-0.05, 0) is 30.5 Å². The zero-order valence-electron chi connectivity index (χ0n) is 10.5. The highest BCUT2D eigenvalue weighted by atomic mass is 35.5. The van der Waals surface area contributed by atoms with Gasteiger partial charge in [0.05, 0.1) is 6.54 Å². The monoisotopic (exact) mass is 285 g/mol. The summed E-state index contributed by atoms with van der Waals surface area (Å²) in [5, 5.41) is 20.4. The van der Waals surface area contributed by atoms with E-state index in [1.807, 2.05) is 19.1 Å². The van der Waals surface area contributed by atoms with Gasteiger partial charge in [0.1, 0.15) is 0 Å². The normalized spacial score (nSPS) is 11.9. The van der Waals surface area contributed by atoms with E-state index in [1.165, 1.54) is 0 Å². The fourth-order valence-corrected chi connectivity index (χ4v) is 1.64. The molecule has 5 nitrogen and oxygen atoms in total. The molecule has 1 amide bonds. The molecule has 1 aromatic carbocycles. The van der Waals surface area contributed by atoms with Crippen molar-refractivity contribution in [2.45, 2.75) is 25.9 Å². The van der Waals surface area contributed by atoms with Crippen LogP contribution in [0.4, 0.5) is 0 Å². The molecule has 0 aromatic heterocycles. The average Bonchev–Trinajstić information content (AvgIpc) is 2.37. The molecule has 0 aliphatic rings. The van der Waals surface area contributed by atoms with Gasteiger partial charge in [-0.15, -0.1) is 0 Å². The standard InChI is InChI=1S/C13H16ClNO4/c1-8-2-3-9(6-10(8)14)4-5-12(17)15-7-11(16)13(18)19/h2-3,6,11,16H,4-5,7H2,1H3,(H,15,17)(H,18,19). The van der Waals surface area contributed by atoms with E-state index in [0.717, 1.165) is 11.1 Å². The Bertz CT molecular complexity index is 476. The number of aliphatic hydroxyl groups excluding tert-OH is 1. The lowest BCUT2D eigenvalue weighted by atomic mass is 10.1. The average molecular weight is 286 g/mol. The number of carbonyl (C=O) groups excluding carboxylic acids is 1. The molecule has 19 heavy (non-hydrogen) atoms. The molecule has 0 spiro atoms. The van der Waals surface area contributed by atoms with Crippen LogP contribution in [0.1, 0.15) is 17.5 Å². The molecule has 1 rings (SSSR count). The van der Waals surface area contributed by atoms with E-state index in [-0.39, 0.29) is 18.9 Å². The van der Waals surface area contributed by atoms with Crippen molar-refractivity contribution in [1.29, 1.82) is 0 Å². The van der Waals surface area contributed by atoms with E-state index in [2.05, 4.69) is 5.32 Å². The highest BCUT2D eigenvalue weighted by molar-refractivity contribution is 6.31. The largest absolute Gasteiger partial charge is 0.479 e. The number of rotatable bonds is 6. The first-order chi connectivity index (χ1) is 8.90. The number of aliphatic hydroxyl groups is 1. The van der Waals surface area contributed by atoms with Crippen molar-refractivity contribution in [3.8, 4) is 0 Å². The van der Waals surface area contributed by atoms with Gasteiger partial charge in [-0.25, -0.2) is 4.79 Å². The fourth-order valence-electron chi connectivity index (χ4n) is 1.44. The Balaban J connectivity index is 2.37. The fraction of sp³-hybridized carbons (Fsp3) is 0.385. The first-order valence-electron chi connectivity index (χ1n) is 5.82. The molecular weight excluding hydrogens is 270 g/mol. The van der Waals surface area contributed by atoms with Gasteiger partial charge in [0.15, 0.2) is 6.10 Å². The Labute approximate surface area is 116 Å². The van der Waals surface area contributed by atoms with Crippen LogP contribution in [0.2, 0.25) is 5.02 Å². The molecule has 0 fully saturated rings. The summed E-state index contributed by atoms with van der Waals surface area (Å²) in [6.07, 6.45) is -0.849. The number of carboxylic acid groups (broad SMARTS) is 1. The van der Waals surface area contributed by atoms with Crippen LogP contribution in [-0.2, 0) is 16.0 Å². The molecule has 0 bridgehead atoms. The minimum atomic E-state index is -1.57. The molecule has 0 heterocycles. The van der Waals surface area contributed by atoms with E-state index in [9.17, 15) is 9.59 Å². The van der Waals surface area contributed by atoms with Crippen molar-refractivity contribution in [3.05, 3.63) is 34.3 Å². The lowest BCUT2D eigenvalue weighted by Gasteiger charge is -2.08. The topological polar surface area (TPSA) is 86.6 Å². The van der Waals surface area contributed by atoms with Crippen molar-refractivity contribution in [3.63, 3.8) is 0 Å². The zero-order valence-corrected chi connectivity index (χ0v) is 11.3. The molecule has 0 saturated carbocycles. The van der Waals surface area contributed by atoms with E-state index < -0.39 is 12.1 Å². The van der Waals surface area contributed by atoms with E-state index in [1.54, 1.807) is 6.07 Å². The van der Waals surface area contributed by atoms with Crippen LogP contribution in [0.25, 0.3) is 0 Å². The van der Waals surface area contributed by atoms with Crippen molar-refractivity contribution >= 4 is 23.5 Å². The maximum Gasteiger partial charge on any atom is 0.334 e. The van der Waals surface area contributed by atoms with Crippen LogP contribution in [0, 0.1) is 6.92 Å². The van der Waals surface area contributed by atoms with E-state index >= 15 is 0 Å². The first kappa shape index (κ1) is 15.5. The second-order valence-electron chi connectivity index (χ2n) is 4.24. The maximum absolute atomic E-state index is 11.4. The Kier molecular flexibility index (Phi) is 5.79. The molecule has 6 heteroatoms. The van der Waals surface area contributed by atoms with Crippen molar-refractivity contribution in [2.75, 3.05) is 6.54 Å². The lowest BCUT2D eigenvalue weighted by molar-refractivity contribution is -0.146. The van der Waals surface area contributed by atoms with Crippen LogP contribution in [-0.4, -0.2) is 34.7 Å². The van der Waals surface area contributed by atoms with Gasteiger partial charge in [0.25, 0.3) is 0 Å². The SMILES string of the molecule is Cc1ccc(CCC(=O)NCC(O)C(=O)O)cc1Cl. The molecule has 1 atom stereocenters. The number of benzene rings is 1. The van der Waals surface area contributed by atoms with Crippen LogP contribution >= 0.6 is 11.6 Å². The molecular formula is C13H16ClNO4. The summed E-state index contributed by atoms with van der Waals surface area (Å²) in [5.41, 5.74) is 1.91. The van der Waals surface area contributed by atoms with Crippen LogP contribution in [0.3, 0.4) is 0 Å². The number of carbonyl (C=O) groups is 2. The summed E-state index contributed by atoms with van der Waals surface area (Å²) in [6.45, 7) is 1.61. The van der Waals surface area contributed by atoms with Crippen LogP contribution in [0.15, 0.2) is 18.2 Å². The molecule has 3 N–H and O–H groups in total. The third-order valence-electron chi connectivity index (χ3n) is 2.65. The van der Waals surface area contributed by atoms with Gasteiger partial charge in [-0.1, -0.05) is 23.7 Å². The molecule has 0 aliphatic heterocycles. The number of halogens is 1. The molecule has 1 aromatic rings. The predicted molar refractivity (Wildman–Crippen MR) is 71.2 cm³/mol. The molecule has 0 radical (unpaired) electrons. The smallest absolute Gasteiger partial charge is 0.334 e. The highest BCUT2D eigenvalue weighted by Gasteiger charge is 2.13. The van der Waals surface area contributed by atoms with Crippen molar-refractivity contribution in [2.24, 2.45) is 0 Å². The van der Waals surface area contributed by atoms with Gasteiger partial charge >= 0.3 is 5.97 Å². The van der Waals surface area contributed by atoms with E-state index in [0.29, 0.717) is 11.4 Å². The minimum Gasteiger partial charge on any atom is -0.479 e. The second kappa shape index (κ2) is 7.11.